The van der Waals surface area contributed by atoms with Crippen molar-refractivity contribution in [1.29, 1.82) is 0 Å². The van der Waals surface area contributed by atoms with Gasteiger partial charge < -0.3 is 20.3 Å². The summed E-state index contributed by atoms with van der Waals surface area (Å²) < 4.78 is 5.41. The highest BCUT2D eigenvalue weighted by atomic mass is 32.1. The molecule has 1 aromatic heterocycles. The zero-order chi connectivity index (χ0) is 16.5. The number of thiophene rings is 1. The molecule has 128 valence electrons. The Balaban J connectivity index is 1.60. The Kier molecular flexibility index (Phi) is 7.35. The summed E-state index contributed by atoms with van der Waals surface area (Å²) in [7, 11) is 3.84. The number of hydrogen-bond acceptors (Lipinski definition) is 4. The lowest BCUT2D eigenvalue weighted by Crippen LogP contribution is -2.42. The molecule has 1 fully saturated rings. The number of nitrogens with one attached hydrogen (secondary N) is 2. The van der Waals surface area contributed by atoms with Gasteiger partial charge in [-0.3, -0.25) is 9.79 Å². The number of carbonyl (C=O) groups excluding carboxylic acids is 1. The quantitative estimate of drug-likeness (QED) is 0.448. The molecule has 0 aliphatic carbocycles. The Morgan fingerprint density at radius 1 is 1.48 bits per heavy atom. The summed E-state index contributed by atoms with van der Waals surface area (Å²) in [5, 5.41) is 8.17. The number of carbonyl (C=O) groups is 1. The molecule has 1 amide bonds. The Morgan fingerprint density at radius 2 is 2.30 bits per heavy atom. The van der Waals surface area contributed by atoms with E-state index in [0.717, 1.165) is 50.0 Å². The van der Waals surface area contributed by atoms with E-state index in [1.165, 1.54) is 11.3 Å². The van der Waals surface area contributed by atoms with Crippen molar-refractivity contribution in [3.8, 4) is 0 Å². The average molecular weight is 338 g/mol. The van der Waals surface area contributed by atoms with Crippen LogP contribution in [-0.2, 0) is 4.74 Å². The van der Waals surface area contributed by atoms with Gasteiger partial charge in [-0.15, -0.1) is 11.3 Å². The fraction of sp³-hybridized carbons (Fsp3) is 0.625. The third-order valence-corrected chi connectivity index (χ3v) is 4.67. The fourth-order valence-electron chi connectivity index (χ4n) is 2.57. The first-order chi connectivity index (χ1) is 11.2. The molecule has 0 aromatic carbocycles. The van der Waals surface area contributed by atoms with E-state index in [9.17, 15) is 4.79 Å². The molecule has 2 N–H and O–H groups in total. The molecule has 6 nitrogen and oxygen atoms in total. The first kappa shape index (κ1) is 17.7. The van der Waals surface area contributed by atoms with E-state index in [1.807, 2.05) is 24.6 Å². The van der Waals surface area contributed by atoms with Crippen molar-refractivity contribution in [1.82, 2.24) is 15.5 Å². The predicted molar refractivity (Wildman–Crippen MR) is 94.2 cm³/mol. The van der Waals surface area contributed by atoms with Gasteiger partial charge in [0, 0.05) is 46.3 Å². The van der Waals surface area contributed by atoms with E-state index in [4.69, 9.17) is 4.74 Å². The van der Waals surface area contributed by atoms with Gasteiger partial charge in [0.05, 0.1) is 11.5 Å². The maximum atomic E-state index is 11.8. The summed E-state index contributed by atoms with van der Waals surface area (Å²) in [4.78, 5) is 19.0. The van der Waals surface area contributed by atoms with Crippen molar-refractivity contribution in [2.75, 3.05) is 46.9 Å². The molecule has 0 bridgehead atoms. The van der Waals surface area contributed by atoms with Crippen LogP contribution in [0.1, 0.15) is 22.5 Å². The smallest absolute Gasteiger partial charge is 0.261 e. The minimum atomic E-state index is 0.00253. The molecule has 1 saturated heterocycles. The molecule has 7 heteroatoms. The van der Waals surface area contributed by atoms with Crippen molar-refractivity contribution in [2.45, 2.75) is 12.8 Å². The van der Waals surface area contributed by atoms with Crippen LogP contribution in [0.5, 0.6) is 0 Å². The van der Waals surface area contributed by atoms with Crippen LogP contribution < -0.4 is 10.6 Å². The van der Waals surface area contributed by atoms with Crippen LogP contribution in [0.2, 0.25) is 0 Å². The second-order valence-corrected chi connectivity index (χ2v) is 6.62. The molecule has 1 atom stereocenters. The highest BCUT2D eigenvalue weighted by molar-refractivity contribution is 7.12. The number of hydrogen-bond donors (Lipinski definition) is 2. The summed E-state index contributed by atoms with van der Waals surface area (Å²) in [5.74, 6) is 1.48. The minimum Gasteiger partial charge on any atom is -0.381 e. The Labute approximate surface area is 141 Å². The molecule has 1 unspecified atom stereocenters. The van der Waals surface area contributed by atoms with Crippen LogP contribution in [0.4, 0.5) is 0 Å². The summed E-state index contributed by atoms with van der Waals surface area (Å²) >= 11 is 1.46. The maximum Gasteiger partial charge on any atom is 0.261 e. The van der Waals surface area contributed by atoms with E-state index in [0.29, 0.717) is 12.5 Å². The third-order valence-electron chi connectivity index (χ3n) is 3.80. The second kappa shape index (κ2) is 9.52. The van der Waals surface area contributed by atoms with Gasteiger partial charge in [-0.1, -0.05) is 6.07 Å². The molecule has 1 aliphatic heterocycles. The van der Waals surface area contributed by atoms with E-state index in [-0.39, 0.29) is 5.91 Å². The number of guanidine groups is 1. The summed E-state index contributed by atoms with van der Waals surface area (Å²) in [6.07, 6.45) is 1.98. The van der Waals surface area contributed by atoms with Gasteiger partial charge in [-0.25, -0.2) is 0 Å². The van der Waals surface area contributed by atoms with E-state index in [2.05, 4.69) is 20.5 Å². The first-order valence-electron chi connectivity index (χ1n) is 8.02. The van der Waals surface area contributed by atoms with Gasteiger partial charge >= 0.3 is 0 Å². The number of ether oxygens (including phenoxy) is 1. The van der Waals surface area contributed by atoms with Crippen LogP contribution in [0, 0.1) is 5.92 Å². The standard InChI is InChI=1S/C16H26N4O2S/c1-17-16(20(2)11-13-6-9-22-12-13)19-8-4-7-18-15(21)14-5-3-10-23-14/h3,5,10,13H,4,6-9,11-12H2,1-2H3,(H,17,19)(H,18,21). The number of amides is 1. The lowest BCUT2D eigenvalue weighted by molar-refractivity contribution is 0.0957. The summed E-state index contributed by atoms with van der Waals surface area (Å²) in [6, 6.07) is 3.72. The zero-order valence-electron chi connectivity index (χ0n) is 13.9. The second-order valence-electron chi connectivity index (χ2n) is 5.67. The van der Waals surface area contributed by atoms with Crippen molar-refractivity contribution in [3.05, 3.63) is 22.4 Å². The zero-order valence-corrected chi connectivity index (χ0v) is 14.7. The summed E-state index contributed by atoms with van der Waals surface area (Å²) in [6.45, 7) is 4.10. The normalized spacial score (nSPS) is 18.0. The van der Waals surface area contributed by atoms with Gasteiger partial charge in [0.25, 0.3) is 5.91 Å². The third kappa shape index (κ3) is 5.84. The van der Waals surface area contributed by atoms with Crippen molar-refractivity contribution >= 4 is 23.2 Å². The van der Waals surface area contributed by atoms with Crippen LogP contribution in [-0.4, -0.2) is 63.7 Å². The number of aliphatic imine (C=N–C) groups is 1. The molecular weight excluding hydrogens is 312 g/mol. The molecule has 2 rings (SSSR count). The van der Waals surface area contributed by atoms with Crippen molar-refractivity contribution in [3.63, 3.8) is 0 Å². The molecule has 0 saturated carbocycles. The number of nitrogens with zero attached hydrogens (tertiary/aromatic N) is 2. The van der Waals surface area contributed by atoms with Gasteiger partial charge in [-0.05, 0) is 24.3 Å². The summed E-state index contributed by atoms with van der Waals surface area (Å²) in [5.41, 5.74) is 0. The van der Waals surface area contributed by atoms with Gasteiger partial charge in [0.15, 0.2) is 5.96 Å². The lowest BCUT2D eigenvalue weighted by atomic mass is 10.1. The van der Waals surface area contributed by atoms with Gasteiger partial charge in [0.2, 0.25) is 0 Å². The van der Waals surface area contributed by atoms with E-state index in [1.54, 1.807) is 7.05 Å². The molecule has 23 heavy (non-hydrogen) atoms. The van der Waals surface area contributed by atoms with E-state index >= 15 is 0 Å². The SMILES string of the molecule is CN=C(NCCCNC(=O)c1cccs1)N(C)CC1CCOC1. The predicted octanol–water partition coefficient (Wildman–Crippen LogP) is 1.41. The van der Waals surface area contributed by atoms with Gasteiger partial charge in [-0.2, -0.15) is 0 Å². The average Bonchev–Trinajstić information content (AvgIpc) is 3.23. The molecule has 0 radical (unpaired) electrons. The monoisotopic (exact) mass is 338 g/mol. The maximum absolute atomic E-state index is 11.8. The number of rotatable bonds is 7. The van der Waals surface area contributed by atoms with E-state index < -0.39 is 0 Å². The Bertz CT molecular complexity index is 498. The highest BCUT2D eigenvalue weighted by Gasteiger charge is 2.18. The largest absolute Gasteiger partial charge is 0.381 e. The van der Waals surface area contributed by atoms with Crippen molar-refractivity contribution < 1.29 is 9.53 Å². The molecule has 2 heterocycles. The van der Waals surface area contributed by atoms with Gasteiger partial charge in [0.1, 0.15) is 0 Å². The van der Waals surface area contributed by atoms with Crippen LogP contribution >= 0.6 is 11.3 Å². The molecular formula is C16H26N4O2S. The van der Waals surface area contributed by atoms with Crippen LogP contribution in [0.3, 0.4) is 0 Å². The Morgan fingerprint density at radius 3 is 2.96 bits per heavy atom. The van der Waals surface area contributed by atoms with Crippen molar-refractivity contribution in [2.24, 2.45) is 10.9 Å². The first-order valence-corrected chi connectivity index (χ1v) is 8.90. The lowest BCUT2D eigenvalue weighted by Gasteiger charge is -2.24. The van der Waals surface area contributed by atoms with Crippen LogP contribution in [0.25, 0.3) is 0 Å². The molecule has 0 spiro atoms. The van der Waals surface area contributed by atoms with Crippen LogP contribution in [0.15, 0.2) is 22.5 Å². The molecule has 1 aliphatic rings. The highest BCUT2D eigenvalue weighted by Crippen LogP contribution is 2.13. The minimum absolute atomic E-state index is 0.00253. The topological polar surface area (TPSA) is 66.0 Å². The molecule has 1 aromatic rings. The Hall–Kier alpha value is -1.60. The fourth-order valence-corrected chi connectivity index (χ4v) is 3.21.